The van der Waals surface area contributed by atoms with E-state index in [1.165, 1.54) is 0 Å². The van der Waals surface area contributed by atoms with Crippen molar-refractivity contribution in [3.8, 4) is 11.8 Å². The highest BCUT2D eigenvalue weighted by Crippen LogP contribution is 2.24. The summed E-state index contributed by atoms with van der Waals surface area (Å²) in [6.45, 7) is 6.19. The lowest BCUT2D eigenvalue weighted by atomic mass is 10.1. The number of hydrogen-bond donors (Lipinski definition) is 0. The van der Waals surface area contributed by atoms with Crippen LogP contribution in [0.25, 0.3) is 0 Å². The third kappa shape index (κ3) is 4.39. The number of rotatable bonds is 2. The van der Waals surface area contributed by atoms with Crippen LogP contribution in [0.1, 0.15) is 45.6 Å². The molecule has 0 saturated carbocycles. The van der Waals surface area contributed by atoms with Gasteiger partial charge in [-0.1, -0.05) is 0 Å². The van der Waals surface area contributed by atoms with E-state index in [1.54, 1.807) is 29.2 Å². The molecular weight excluding hydrogens is 280 g/mol. The molecule has 2 rings (SSSR count). The van der Waals surface area contributed by atoms with Gasteiger partial charge in [0.2, 0.25) is 0 Å². The molecule has 5 nitrogen and oxygen atoms in total. The molecule has 1 fully saturated rings. The number of carbonyl (C=O) groups excluding carboxylic acids is 1. The highest BCUT2D eigenvalue weighted by molar-refractivity contribution is 5.68. The van der Waals surface area contributed by atoms with Gasteiger partial charge in [0.25, 0.3) is 0 Å². The summed E-state index contributed by atoms with van der Waals surface area (Å²) in [6, 6.07) is 8.98. The lowest BCUT2D eigenvalue weighted by Gasteiger charge is -2.36. The van der Waals surface area contributed by atoms with Gasteiger partial charge < -0.3 is 9.47 Å². The van der Waals surface area contributed by atoms with Crippen LogP contribution in [0.15, 0.2) is 24.3 Å². The van der Waals surface area contributed by atoms with Crippen molar-refractivity contribution in [1.82, 2.24) is 4.90 Å². The minimum atomic E-state index is -0.520. The number of hydrogen-bond acceptors (Lipinski definition) is 4. The Hall–Kier alpha value is -2.22. The molecule has 0 spiro atoms. The maximum atomic E-state index is 12.3. The average Bonchev–Trinajstić information content (AvgIpc) is 2.47. The van der Waals surface area contributed by atoms with E-state index < -0.39 is 5.60 Å². The summed E-state index contributed by atoms with van der Waals surface area (Å²) in [5, 5.41) is 8.81. The first kappa shape index (κ1) is 16.2. The first-order valence-electron chi connectivity index (χ1n) is 7.55. The fourth-order valence-electron chi connectivity index (χ4n) is 2.32. The zero-order valence-corrected chi connectivity index (χ0v) is 13.3. The largest absolute Gasteiger partial charge is 0.470 e. The van der Waals surface area contributed by atoms with Crippen molar-refractivity contribution in [3.05, 3.63) is 29.8 Å². The first-order valence-corrected chi connectivity index (χ1v) is 7.55. The lowest BCUT2D eigenvalue weighted by Crippen LogP contribution is -2.48. The van der Waals surface area contributed by atoms with Crippen LogP contribution >= 0.6 is 0 Å². The SMILES string of the molecule is CC(C)(C)OC(=O)N1CCCCC1Oc1ccc(C#N)cc1. The Kier molecular flexibility index (Phi) is 4.92. The van der Waals surface area contributed by atoms with E-state index in [4.69, 9.17) is 14.7 Å². The highest BCUT2D eigenvalue weighted by Gasteiger charge is 2.31. The van der Waals surface area contributed by atoms with Gasteiger partial charge in [0.15, 0.2) is 6.23 Å². The van der Waals surface area contributed by atoms with Gasteiger partial charge in [-0.2, -0.15) is 5.26 Å². The Bertz CT molecular complexity index is 555. The molecule has 0 bridgehead atoms. The Morgan fingerprint density at radius 1 is 1.27 bits per heavy atom. The molecule has 0 aromatic heterocycles. The molecule has 1 atom stereocenters. The summed E-state index contributed by atoms with van der Waals surface area (Å²) in [6.07, 6.45) is 2.08. The van der Waals surface area contributed by atoms with Gasteiger partial charge in [0.05, 0.1) is 11.6 Å². The maximum Gasteiger partial charge on any atom is 0.413 e. The molecule has 1 heterocycles. The number of piperidine rings is 1. The van der Waals surface area contributed by atoms with Crippen molar-refractivity contribution in [2.24, 2.45) is 0 Å². The van der Waals surface area contributed by atoms with Crippen molar-refractivity contribution < 1.29 is 14.3 Å². The van der Waals surface area contributed by atoms with Crippen LogP contribution in [0.5, 0.6) is 5.75 Å². The van der Waals surface area contributed by atoms with E-state index in [2.05, 4.69) is 6.07 Å². The summed E-state index contributed by atoms with van der Waals surface area (Å²) in [5.74, 6) is 0.652. The second kappa shape index (κ2) is 6.69. The maximum absolute atomic E-state index is 12.3. The fraction of sp³-hybridized carbons (Fsp3) is 0.529. The van der Waals surface area contributed by atoms with Gasteiger partial charge in [-0.15, -0.1) is 0 Å². The fourth-order valence-corrected chi connectivity index (χ4v) is 2.32. The Labute approximate surface area is 131 Å². The molecule has 1 aliphatic heterocycles. The van der Waals surface area contributed by atoms with E-state index >= 15 is 0 Å². The van der Waals surface area contributed by atoms with Gasteiger partial charge in [0.1, 0.15) is 11.4 Å². The zero-order chi connectivity index (χ0) is 16.2. The number of benzene rings is 1. The topological polar surface area (TPSA) is 62.6 Å². The van der Waals surface area contributed by atoms with Gasteiger partial charge in [0, 0.05) is 13.0 Å². The molecular formula is C17H22N2O3. The van der Waals surface area contributed by atoms with Gasteiger partial charge in [-0.05, 0) is 57.9 Å². The highest BCUT2D eigenvalue weighted by atomic mass is 16.6. The number of amides is 1. The van der Waals surface area contributed by atoms with Crippen LogP contribution in [-0.2, 0) is 4.74 Å². The summed E-state index contributed by atoms with van der Waals surface area (Å²) >= 11 is 0. The standard InChI is InChI=1S/C17H22N2O3/c1-17(2,3)22-16(20)19-11-5-4-6-15(19)21-14-9-7-13(12-18)8-10-14/h7-10,15H,4-6,11H2,1-3H3. The Balaban J connectivity index is 2.06. The number of nitrogens with zero attached hydrogens (tertiary/aromatic N) is 2. The molecule has 1 aromatic rings. The number of likely N-dealkylation sites (tertiary alicyclic amines) is 1. The summed E-state index contributed by atoms with van der Waals surface area (Å²) in [5.41, 5.74) is 0.0630. The minimum Gasteiger partial charge on any atom is -0.470 e. The van der Waals surface area contributed by atoms with Gasteiger partial charge in [-0.25, -0.2) is 4.79 Å². The number of nitriles is 1. The van der Waals surface area contributed by atoms with Gasteiger partial charge in [-0.3, -0.25) is 4.90 Å². The Morgan fingerprint density at radius 3 is 2.55 bits per heavy atom. The molecule has 0 radical (unpaired) electrons. The van der Waals surface area contributed by atoms with Crippen LogP contribution in [0.3, 0.4) is 0 Å². The Morgan fingerprint density at radius 2 is 1.95 bits per heavy atom. The summed E-state index contributed by atoms with van der Waals surface area (Å²) < 4.78 is 11.4. The van der Waals surface area contributed by atoms with E-state index in [1.807, 2.05) is 20.8 Å². The third-order valence-corrected chi connectivity index (χ3v) is 3.33. The first-order chi connectivity index (χ1) is 10.4. The molecule has 5 heteroatoms. The number of ether oxygens (including phenoxy) is 2. The molecule has 1 unspecified atom stereocenters. The lowest BCUT2D eigenvalue weighted by molar-refractivity contribution is -0.0342. The normalized spacial score (nSPS) is 18.5. The third-order valence-electron chi connectivity index (χ3n) is 3.33. The van der Waals surface area contributed by atoms with E-state index in [9.17, 15) is 4.79 Å². The van der Waals surface area contributed by atoms with E-state index in [-0.39, 0.29) is 12.3 Å². The molecule has 1 aliphatic rings. The monoisotopic (exact) mass is 302 g/mol. The predicted molar refractivity (Wildman–Crippen MR) is 82.4 cm³/mol. The van der Waals surface area contributed by atoms with Crippen LogP contribution in [0.2, 0.25) is 0 Å². The molecule has 22 heavy (non-hydrogen) atoms. The second-order valence-electron chi connectivity index (χ2n) is 6.38. The zero-order valence-electron chi connectivity index (χ0n) is 13.3. The second-order valence-corrected chi connectivity index (χ2v) is 6.38. The molecule has 1 amide bonds. The van der Waals surface area contributed by atoms with E-state index in [0.717, 1.165) is 19.3 Å². The van der Waals surface area contributed by atoms with Crippen molar-refractivity contribution >= 4 is 6.09 Å². The van der Waals surface area contributed by atoms with Crippen molar-refractivity contribution in [2.75, 3.05) is 6.54 Å². The van der Waals surface area contributed by atoms with Gasteiger partial charge >= 0.3 is 6.09 Å². The van der Waals surface area contributed by atoms with Crippen molar-refractivity contribution in [3.63, 3.8) is 0 Å². The van der Waals surface area contributed by atoms with Crippen molar-refractivity contribution in [2.45, 2.75) is 51.9 Å². The molecule has 118 valence electrons. The number of carbonyl (C=O) groups is 1. The molecule has 1 aromatic carbocycles. The van der Waals surface area contributed by atoms with Crippen LogP contribution in [0.4, 0.5) is 4.79 Å². The minimum absolute atomic E-state index is 0.323. The molecule has 0 aliphatic carbocycles. The average molecular weight is 302 g/mol. The summed E-state index contributed by atoms with van der Waals surface area (Å²) in [7, 11) is 0. The quantitative estimate of drug-likeness (QED) is 0.836. The summed E-state index contributed by atoms with van der Waals surface area (Å²) in [4.78, 5) is 13.9. The van der Waals surface area contributed by atoms with Crippen molar-refractivity contribution in [1.29, 1.82) is 5.26 Å². The van der Waals surface area contributed by atoms with Crippen LogP contribution in [0, 0.1) is 11.3 Å². The van der Waals surface area contributed by atoms with Crippen LogP contribution < -0.4 is 4.74 Å². The molecule has 0 N–H and O–H groups in total. The molecule has 1 saturated heterocycles. The van der Waals surface area contributed by atoms with E-state index in [0.29, 0.717) is 17.9 Å². The smallest absolute Gasteiger partial charge is 0.413 e. The predicted octanol–water partition coefficient (Wildman–Crippen LogP) is 3.68. The van der Waals surface area contributed by atoms with Crippen LogP contribution in [-0.4, -0.2) is 29.4 Å².